The first-order chi connectivity index (χ1) is 14.7. The zero-order valence-corrected chi connectivity index (χ0v) is 20.1. The number of sulfonamides is 1. The highest BCUT2D eigenvalue weighted by atomic mass is 32.2. The van der Waals surface area contributed by atoms with E-state index in [0.717, 1.165) is 23.5 Å². The first kappa shape index (κ1) is 23.6. The molecule has 1 aliphatic heterocycles. The van der Waals surface area contributed by atoms with Crippen molar-refractivity contribution in [3.8, 4) is 0 Å². The number of nitrogens with zero attached hydrogens (tertiary/aromatic N) is 1. The van der Waals surface area contributed by atoms with Crippen molar-refractivity contribution >= 4 is 39.1 Å². The monoisotopic (exact) mass is 461 g/mol. The summed E-state index contributed by atoms with van der Waals surface area (Å²) in [5, 5.41) is 2.71. The number of hydrogen-bond donors (Lipinski definition) is 2. The fourth-order valence-corrected chi connectivity index (χ4v) is 5.70. The molecule has 1 saturated heterocycles. The maximum atomic E-state index is 13.0. The van der Waals surface area contributed by atoms with E-state index in [4.69, 9.17) is 0 Å². The van der Waals surface area contributed by atoms with Crippen LogP contribution in [0.1, 0.15) is 45.2 Å². The molecule has 6 nitrogen and oxygen atoms in total. The van der Waals surface area contributed by atoms with Gasteiger partial charge in [0.1, 0.15) is 0 Å². The minimum atomic E-state index is -3.75. The number of thioether (sulfide) groups is 1. The van der Waals surface area contributed by atoms with Crippen LogP contribution in [-0.4, -0.2) is 33.7 Å². The van der Waals surface area contributed by atoms with E-state index in [1.165, 1.54) is 43.3 Å². The van der Waals surface area contributed by atoms with Crippen LogP contribution in [-0.2, 0) is 14.8 Å². The SMILES string of the molecule is CSc1ccc(S(=O)(=O)NC(C)c2ccc(N3CCCC(C)C3)cc2)cc1NC(C)=O. The summed E-state index contributed by atoms with van der Waals surface area (Å²) < 4.78 is 28.7. The van der Waals surface area contributed by atoms with Crippen LogP contribution in [0.4, 0.5) is 11.4 Å². The van der Waals surface area contributed by atoms with Gasteiger partial charge in [0, 0.05) is 36.6 Å². The fourth-order valence-electron chi connectivity index (χ4n) is 3.91. The van der Waals surface area contributed by atoms with Crippen molar-refractivity contribution in [1.29, 1.82) is 0 Å². The van der Waals surface area contributed by atoms with Gasteiger partial charge in [-0.05, 0) is 67.8 Å². The van der Waals surface area contributed by atoms with Gasteiger partial charge in [0.2, 0.25) is 15.9 Å². The average Bonchev–Trinajstić information content (AvgIpc) is 2.73. The maximum absolute atomic E-state index is 13.0. The molecule has 0 spiro atoms. The third-order valence-electron chi connectivity index (χ3n) is 5.54. The molecule has 0 bridgehead atoms. The van der Waals surface area contributed by atoms with Gasteiger partial charge in [-0.15, -0.1) is 11.8 Å². The Balaban J connectivity index is 1.74. The van der Waals surface area contributed by atoms with Gasteiger partial charge >= 0.3 is 0 Å². The topological polar surface area (TPSA) is 78.5 Å². The minimum absolute atomic E-state index is 0.125. The van der Waals surface area contributed by atoms with E-state index < -0.39 is 10.0 Å². The van der Waals surface area contributed by atoms with Crippen LogP contribution in [0.3, 0.4) is 0 Å². The number of anilines is 2. The maximum Gasteiger partial charge on any atom is 0.241 e. The standard InChI is InChI=1S/C23H31N3O3S2/c1-16-6-5-13-26(15-16)20-9-7-19(8-10-20)17(2)25-31(28,29)21-11-12-23(30-4)22(14-21)24-18(3)27/h7-12,14,16-17,25H,5-6,13,15H2,1-4H3,(H,24,27). The summed E-state index contributed by atoms with van der Waals surface area (Å²) in [5.41, 5.74) is 2.58. The van der Waals surface area contributed by atoms with Crippen LogP contribution in [0, 0.1) is 5.92 Å². The lowest BCUT2D eigenvalue weighted by Gasteiger charge is -2.33. The first-order valence-corrected chi connectivity index (χ1v) is 13.2. The quantitative estimate of drug-likeness (QED) is 0.587. The van der Waals surface area contributed by atoms with Crippen LogP contribution >= 0.6 is 11.8 Å². The second-order valence-corrected chi connectivity index (χ2v) is 10.7. The second-order valence-electron chi connectivity index (χ2n) is 8.17. The number of carbonyl (C=O) groups is 1. The molecule has 0 aliphatic carbocycles. The third-order valence-corrected chi connectivity index (χ3v) is 7.87. The van der Waals surface area contributed by atoms with Gasteiger partial charge in [-0.3, -0.25) is 4.79 Å². The summed E-state index contributed by atoms with van der Waals surface area (Å²) in [6.45, 7) is 7.64. The Kier molecular flexibility index (Phi) is 7.67. The molecule has 1 heterocycles. The molecule has 2 atom stereocenters. The Labute approximate surface area is 189 Å². The number of piperidine rings is 1. The Morgan fingerprint density at radius 3 is 2.52 bits per heavy atom. The molecule has 8 heteroatoms. The Bertz CT molecular complexity index is 1020. The van der Waals surface area contributed by atoms with Gasteiger partial charge in [0.25, 0.3) is 0 Å². The van der Waals surface area contributed by atoms with Crippen LogP contribution in [0.5, 0.6) is 0 Å². The van der Waals surface area contributed by atoms with Gasteiger partial charge in [-0.25, -0.2) is 13.1 Å². The van der Waals surface area contributed by atoms with Crippen molar-refractivity contribution in [2.45, 2.75) is 49.4 Å². The van der Waals surface area contributed by atoms with Crippen molar-refractivity contribution in [3.63, 3.8) is 0 Å². The van der Waals surface area contributed by atoms with Gasteiger partial charge in [-0.1, -0.05) is 19.1 Å². The highest BCUT2D eigenvalue weighted by Crippen LogP contribution is 2.29. The summed E-state index contributed by atoms with van der Waals surface area (Å²) in [7, 11) is -3.75. The lowest BCUT2D eigenvalue weighted by Crippen LogP contribution is -2.34. The summed E-state index contributed by atoms with van der Waals surface area (Å²) in [4.78, 5) is 14.8. The number of benzene rings is 2. The molecule has 1 fully saturated rings. The van der Waals surface area contributed by atoms with Crippen molar-refractivity contribution in [2.75, 3.05) is 29.6 Å². The van der Waals surface area contributed by atoms with Gasteiger partial charge in [0.15, 0.2) is 0 Å². The third kappa shape index (κ3) is 6.02. The van der Waals surface area contributed by atoms with Gasteiger partial charge in [-0.2, -0.15) is 0 Å². The summed E-state index contributed by atoms with van der Waals surface area (Å²) in [6.07, 6.45) is 4.35. The molecular formula is C23H31N3O3S2. The van der Waals surface area contributed by atoms with E-state index in [-0.39, 0.29) is 16.8 Å². The van der Waals surface area contributed by atoms with Crippen LogP contribution in [0.15, 0.2) is 52.3 Å². The van der Waals surface area contributed by atoms with Crippen LogP contribution < -0.4 is 14.9 Å². The Morgan fingerprint density at radius 1 is 1.19 bits per heavy atom. The molecule has 31 heavy (non-hydrogen) atoms. The number of carbonyl (C=O) groups excluding carboxylic acids is 1. The van der Waals surface area contributed by atoms with Gasteiger partial charge in [0.05, 0.1) is 10.6 Å². The zero-order valence-electron chi connectivity index (χ0n) is 18.5. The molecule has 3 rings (SSSR count). The van der Waals surface area contributed by atoms with E-state index in [9.17, 15) is 13.2 Å². The lowest BCUT2D eigenvalue weighted by molar-refractivity contribution is -0.114. The molecule has 2 N–H and O–H groups in total. The zero-order chi connectivity index (χ0) is 22.6. The van der Waals surface area contributed by atoms with E-state index in [0.29, 0.717) is 11.6 Å². The highest BCUT2D eigenvalue weighted by Gasteiger charge is 2.21. The smallest absolute Gasteiger partial charge is 0.241 e. The molecule has 2 aromatic carbocycles. The second kappa shape index (κ2) is 10.1. The predicted molar refractivity (Wildman–Crippen MR) is 128 cm³/mol. The number of hydrogen-bond acceptors (Lipinski definition) is 5. The first-order valence-electron chi connectivity index (χ1n) is 10.5. The summed E-state index contributed by atoms with van der Waals surface area (Å²) >= 11 is 1.45. The molecule has 1 amide bonds. The van der Waals surface area contributed by atoms with Crippen molar-refractivity contribution < 1.29 is 13.2 Å². The fraction of sp³-hybridized carbons (Fsp3) is 0.435. The van der Waals surface area contributed by atoms with E-state index in [2.05, 4.69) is 34.0 Å². The summed E-state index contributed by atoms with van der Waals surface area (Å²) in [5.74, 6) is 0.452. The molecule has 0 saturated carbocycles. The van der Waals surface area contributed by atoms with Crippen LogP contribution in [0.2, 0.25) is 0 Å². The normalized spacial score (nSPS) is 17.9. The predicted octanol–water partition coefficient (Wildman–Crippen LogP) is 4.64. The number of amides is 1. The van der Waals surface area contributed by atoms with Crippen LogP contribution in [0.25, 0.3) is 0 Å². The lowest BCUT2D eigenvalue weighted by atomic mass is 9.99. The molecule has 168 valence electrons. The average molecular weight is 462 g/mol. The van der Waals surface area contributed by atoms with Crippen molar-refractivity contribution in [3.05, 3.63) is 48.0 Å². The molecule has 0 aromatic heterocycles. The highest BCUT2D eigenvalue weighted by molar-refractivity contribution is 7.98. The molecule has 1 aliphatic rings. The number of nitrogens with one attached hydrogen (secondary N) is 2. The molecule has 0 radical (unpaired) electrons. The number of rotatable bonds is 7. The Morgan fingerprint density at radius 2 is 1.90 bits per heavy atom. The Hall–Kier alpha value is -2.03. The molecular weight excluding hydrogens is 430 g/mol. The van der Waals surface area contributed by atoms with E-state index in [1.54, 1.807) is 12.1 Å². The molecule has 2 unspecified atom stereocenters. The largest absolute Gasteiger partial charge is 0.371 e. The van der Waals surface area contributed by atoms with Crippen molar-refractivity contribution in [1.82, 2.24) is 4.72 Å². The van der Waals surface area contributed by atoms with E-state index >= 15 is 0 Å². The minimum Gasteiger partial charge on any atom is -0.371 e. The van der Waals surface area contributed by atoms with Crippen molar-refractivity contribution in [2.24, 2.45) is 5.92 Å². The van der Waals surface area contributed by atoms with Gasteiger partial charge < -0.3 is 10.2 Å². The summed E-state index contributed by atoms with van der Waals surface area (Å²) in [6, 6.07) is 12.5. The van der Waals surface area contributed by atoms with E-state index in [1.807, 2.05) is 25.3 Å². The molecule has 2 aromatic rings.